The van der Waals surface area contributed by atoms with Gasteiger partial charge in [-0.15, -0.1) is 0 Å². The van der Waals surface area contributed by atoms with Crippen LogP contribution in [0, 0.1) is 6.92 Å². The molecular formula is C12H20ClN3O. The first-order valence-corrected chi connectivity index (χ1v) is 6.54. The maximum absolute atomic E-state index is 9.13. The normalized spacial score (nSPS) is 16.5. The third kappa shape index (κ3) is 2.64. The fourth-order valence-corrected chi connectivity index (χ4v) is 2.56. The highest BCUT2D eigenvalue weighted by atomic mass is 35.5. The van der Waals surface area contributed by atoms with Gasteiger partial charge in [0, 0.05) is 31.7 Å². The predicted molar refractivity (Wildman–Crippen MR) is 68.1 cm³/mol. The molecule has 1 aliphatic carbocycles. The Bertz CT molecular complexity index is 387. The van der Waals surface area contributed by atoms with Gasteiger partial charge in [0.2, 0.25) is 0 Å². The van der Waals surface area contributed by atoms with Crippen LogP contribution in [0.3, 0.4) is 0 Å². The van der Waals surface area contributed by atoms with Crippen LogP contribution in [0.25, 0.3) is 0 Å². The molecule has 0 spiro atoms. The summed E-state index contributed by atoms with van der Waals surface area (Å²) in [4.78, 5) is 2.32. The van der Waals surface area contributed by atoms with Gasteiger partial charge in [-0.05, 0) is 19.8 Å². The van der Waals surface area contributed by atoms with Crippen LogP contribution in [0.4, 0.5) is 0 Å². The molecule has 4 nitrogen and oxygen atoms in total. The van der Waals surface area contributed by atoms with Crippen LogP contribution >= 0.6 is 11.6 Å². The topological polar surface area (TPSA) is 41.3 Å². The lowest BCUT2D eigenvalue weighted by atomic mass is 9.91. The molecule has 0 saturated heterocycles. The number of aryl methyl sites for hydroxylation is 2. The van der Waals surface area contributed by atoms with Crippen LogP contribution in [0.5, 0.6) is 0 Å². The van der Waals surface area contributed by atoms with E-state index in [0.29, 0.717) is 11.2 Å². The third-order valence-electron chi connectivity index (χ3n) is 3.61. The number of aromatic nitrogens is 2. The second-order valence-corrected chi connectivity index (χ2v) is 5.12. The molecule has 2 rings (SSSR count). The van der Waals surface area contributed by atoms with Crippen LogP contribution < -0.4 is 0 Å². The molecule has 96 valence electrons. The van der Waals surface area contributed by atoms with E-state index in [1.165, 1.54) is 19.3 Å². The number of aliphatic hydroxyl groups excluding tert-OH is 1. The molecular weight excluding hydrogens is 238 g/mol. The molecule has 0 radical (unpaired) electrons. The minimum atomic E-state index is 0.202. The lowest BCUT2D eigenvalue weighted by Crippen LogP contribution is -2.41. The molecule has 1 saturated carbocycles. The molecule has 1 aliphatic rings. The molecule has 1 fully saturated rings. The van der Waals surface area contributed by atoms with Crippen molar-refractivity contribution in [2.45, 2.75) is 38.8 Å². The van der Waals surface area contributed by atoms with Gasteiger partial charge in [-0.1, -0.05) is 18.0 Å². The Balaban J connectivity index is 2.10. The van der Waals surface area contributed by atoms with Gasteiger partial charge >= 0.3 is 0 Å². The number of halogens is 1. The van der Waals surface area contributed by atoms with Crippen molar-refractivity contribution in [3.63, 3.8) is 0 Å². The summed E-state index contributed by atoms with van der Waals surface area (Å²) in [5.74, 6) is 0. The minimum absolute atomic E-state index is 0.202. The standard InChI is InChI=1S/C12H20ClN3O/c1-9-11(12(13)15(2)14-9)8-16(6-7-17)10-4-3-5-10/h10,17H,3-8H2,1-2H3. The van der Waals surface area contributed by atoms with Gasteiger partial charge in [0.25, 0.3) is 0 Å². The van der Waals surface area contributed by atoms with Crippen molar-refractivity contribution in [2.75, 3.05) is 13.2 Å². The highest BCUT2D eigenvalue weighted by Crippen LogP contribution is 2.28. The summed E-state index contributed by atoms with van der Waals surface area (Å²) >= 11 is 6.24. The first kappa shape index (κ1) is 12.9. The van der Waals surface area contributed by atoms with Crippen molar-refractivity contribution < 1.29 is 5.11 Å². The quantitative estimate of drug-likeness (QED) is 0.874. The summed E-state index contributed by atoms with van der Waals surface area (Å²) in [5, 5.41) is 14.2. The van der Waals surface area contributed by atoms with Gasteiger partial charge in [0.05, 0.1) is 12.3 Å². The summed E-state index contributed by atoms with van der Waals surface area (Å²) < 4.78 is 1.71. The third-order valence-corrected chi connectivity index (χ3v) is 4.08. The average Bonchev–Trinajstić information content (AvgIpc) is 2.43. The van der Waals surface area contributed by atoms with Crippen LogP contribution in [0.15, 0.2) is 0 Å². The van der Waals surface area contributed by atoms with Gasteiger partial charge in [-0.25, -0.2) is 0 Å². The SMILES string of the molecule is Cc1nn(C)c(Cl)c1CN(CCO)C1CCC1. The zero-order chi connectivity index (χ0) is 12.4. The van der Waals surface area contributed by atoms with Crippen LogP contribution in [0.2, 0.25) is 5.15 Å². The van der Waals surface area contributed by atoms with E-state index in [0.717, 1.165) is 24.3 Å². The second kappa shape index (κ2) is 5.38. The highest BCUT2D eigenvalue weighted by Gasteiger charge is 2.26. The Morgan fingerprint density at radius 2 is 2.24 bits per heavy atom. The van der Waals surface area contributed by atoms with Crippen LogP contribution in [0.1, 0.15) is 30.5 Å². The number of aliphatic hydroxyl groups is 1. The van der Waals surface area contributed by atoms with Crippen molar-refractivity contribution in [1.29, 1.82) is 0 Å². The van der Waals surface area contributed by atoms with Crippen LogP contribution in [-0.2, 0) is 13.6 Å². The van der Waals surface area contributed by atoms with Crippen LogP contribution in [-0.4, -0.2) is 39.0 Å². The van der Waals surface area contributed by atoms with E-state index < -0.39 is 0 Å². The number of rotatable bonds is 5. The molecule has 0 bridgehead atoms. The molecule has 0 aromatic carbocycles. The molecule has 0 aliphatic heterocycles. The van der Waals surface area contributed by atoms with E-state index in [2.05, 4.69) is 10.00 Å². The Kier molecular flexibility index (Phi) is 4.07. The molecule has 0 amide bonds. The molecule has 1 N–H and O–H groups in total. The molecule has 17 heavy (non-hydrogen) atoms. The summed E-state index contributed by atoms with van der Waals surface area (Å²) in [5.41, 5.74) is 2.08. The predicted octanol–water partition coefficient (Wildman–Crippen LogP) is 1.73. The number of hydrogen-bond donors (Lipinski definition) is 1. The molecule has 0 atom stereocenters. The molecule has 1 aromatic rings. The molecule has 1 heterocycles. The van der Waals surface area contributed by atoms with Crippen molar-refractivity contribution in [3.05, 3.63) is 16.4 Å². The zero-order valence-electron chi connectivity index (χ0n) is 10.5. The van der Waals surface area contributed by atoms with E-state index in [1.54, 1.807) is 4.68 Å². The lowest BCUT2D eigenvalue weighted by Gasteiger charge is -2.37. The average molecular weight is 258 g/mol. The fourth-order valence-electron chi connectivity index (χ4n) is 2.33. The van der Waals surface area contributed by atoms with E-state index >= 15 is 0 Å². The van der Waals surface area contributed by atoms with Gasteiger partial charge in [0.15, 0.2) is 0 Å². The van der Waals surface area contributed by atoms with Gasteiger partial charge in [-0.3, -0.25) is 9.58 Å². The monoisotopic (exact) mass is 257 g/mol. The lowest BCUT2D eigenvalue weighted by molar-refractivity contribution is 0.0944. The molecule has 0 unspecified atom stereocenters. The fraction of sp³-hybridized carbons (Fsp3) is 0.750. The summed E-state index contributed by atoms with van der Waals surface area (Å²) in [6.07, 6.45) is 3.76. The van der Waals surface area contributed by atoms with E-state index in [4.69, 9.17) is 16.7 Å². The van der Waals surface area contributed by atoms with Crippen molar-refractivity contribution in [3.8, 4) is 0 Å². The summed E-state index contributed by atoms with van der Waals surface area (Å²) in [7, 11) is 1.86. The van der Waals surface area contributed by atoms with E-state index in [-0.39, 0.29) is 6.61 Å². The Morgan fingerprint density at radius 3 is 2.65 bits per heavy atom. The Hall–Kier alpha value is -0.580. The maximum atomic E-state index is 9.13. The van der Waals surface area contributed by atoms with Crippen molar-refractivity contribution in [2.24, 2.45) is 7.05 Å². The number of hydrogen-bond acceptors (Lipinski definition) is 3. The van der Waals surface area contributed by atoms with Crippen molar-refractivity contribution in [1.82, 2.24) is 14.7 Å². The largest absolute Gasteiger partial charge is 0.395 e. The van der Waals surface area contributed by atoms with Crippen molar-refractivity contribution >= 4 is 11.6 Å². The smallest absolute Gasteiger partial charge is 0.131 e. The second-order valence-electron chi connectivity index (χ2n) is 4.76. The Labute approximate surface area is 107 Å². The van der Waals surface area contributed by atoms with E-state index in [1.807, 2.05) is 14.0 Å². The van der Waals surface area contributed by atoms with Gasteiger partial charge < -0.3 is 5.11 Å². The zero-order valence-corrected chi connectivity index (χ0v) is 11.2. The highest BCUT2D eigenvalue weighted by molar-refractivity contribution is 6.30. The Morgan fingerprint density at radius 1 is 1.53 bits per heavy atom. The minimum Gasteiger partial charge on any atom is -0.395 e. The van der Waals surface area contributed by atoms with Gasteiger partial charge in [-0.2, -0.15) is 5.10 Å². The summed E-state index contributed by atoms with van der Waals surface area (Å²) in [6, 6.07) is 0.609. The maximum Gasteiger partial charge on any atom is 0.131 e. The first-order valence-electron chi connectivity index (χ1n) is 6.16. The molecule has 1 aromatic heterocycles. The van der Waals surface area contributed by atoms with Gasteiger partial charge in [0.1, 0.15) is 5.15 Å². The number of nitrogens with zero attached hydrogens (tertiary/aromatic N) is 3. The first-order chi connectivity index (χ1) is 8.13. The van der Waals surface area contributed by atoms with E-state index in [9.17, 15) is 0 Å². The summed E-state index contributed by atoms with van der Waals surface area (Å²) in [6.45, 7) is 3.70. The molecule has 5 heteroatoms.